The first-order valence-corrected chi connectivity index (χ1v) is 6.66. The number of hydrogen-bond acceptors (Lipinski definition) is 1. The molecule has 0 spiro atoms. The molecule has 19 heavy (non-hydrogen) atoms. The summed E-state index contributed by atoms with van der Waals surface area (Å²) >= 11 is 0. The van der Waals surface area contributed by atoms with Crippen molar-refractivity contribution in [3.63, 3.8) is 0 Å². The van der Waals surface area contributed by atoms with Crippen LogP contribution in [-0.2, 0) is 5.41 Å². The zero-order valence-corrected chi connectivity index (χ0v) is 12.2. The molecule has 0 atom stereocenters. The normalized spacial score (nSPS) is 16.5. The maximum atomic E-state index is 12.0. The smallest absolute Gasteiger partial charge is 0.312 e. The second-order valence-corrected chi connectivity index (χ2v) is 6.18. The molecule has 1 aromatic rings. The van der Waals surface area contributed by atoms with Gasteiger partial charge >= 0.3 is 6.03 Å². The highest BCUT2D eigenvalue weighted by Crippen LogP contribution is 2.29. The van der Waals surface area contributed by atoms with Gasteiger partial charge in [0.05, 0.1) is 0 Å². The van der Waals surface area contributed by atoms with Crippen LogP contribution in [-0.4, -0.2) is 12.6 Å². The second-order valence-electron chi connectivity index (χ2n) is 6.18. The number of amides is 2. The minimum Gasteiger partial charge on any atom is -0.312 e. The molecule has 2 amide bonds. The number of benzene rings is 1. The molecule has 1 aromatic carbocycles. The number of anilines is 1. The van der Waals surface area contributed by atoms with Crippen LogP contribution in [0.25, 0.3) is 0 Å². The Morgan fingerprint density at radius 2 is 2.00 bits per heavy atom. The molecule has 1 heterocycles. The zero-order chi connectivity index (χ0) is 14.2. The number of nitrogens with zero attached hydrogens (tertiary/aromatic N) is 1. The van der Waals surface area contributed by atoms with Crippen LogP contribution in [0.2, 0.25) is 0 Å². The average Bonchev–Trinajstić information content (AvgIpc) is 2.26. The Kier molecular flexibility index (Phi) is 3.40. The fourth-order valence-corrected chi connectivity index (χ4v) is 2.53. The van der Waals surface area contributed by atoms with Crippen molar-refractivity contribution in [1.29, 1.82) is 0 Å². The highest BCUT2D eigenvalue weighted by Gasteiger charge is 2.23. The molecule has 3 heteroatoms. The van der Waals surface area contributed by atoms with E-state index < -0.39 is 0 Å². The quantitative estimate of drug-likeness (QED) is 0.818. The lowest BCUT2D eigenvalue weighted by atomic mass is 9.84. The molecule has 1 N–H and O–H groups in total. The predicted molar refractivity (Wildman–Crippen MR) is 79.5 cm³/mol. The summed E-state index contributed by atoms with van der Waals surface area (Å²) in [5.41, 5.74) is 4.42. The summed E-state index contributed by atoms with van der Waals surface area (Å²) in [6.07, 6.45) is 0.797. The van der Waals surface area contributed by atoms with Gasteiger partial charge < -0.3 is 5.32 Å². The molecule has 1 fully saturated rings. The van der Waals surface area contributed by atoms with Crippen molar-refractivity contribution in [2.24, 2.45) is 0 Å². The summed E-state index contributed by atoms with van der Waals surface area (Å²) in [5, 5.41) is 2.78. The minimum absolute atomic E-state index is 0.0841. The second kappa shape index (κ2) is 4.72. The van der Waals surface area contributed by atoms with Crippen LogP contribution in [0, 0.1) is 6.92 Å². The molecule has 0 aromatic heterocycles. The molecule has 1 aliphatic rings. The van der Waals surface area contributed by atoms with Crippen molar-refractivity contribution in [3.8, 4) is 0 Å². The van der Waals surface area contributed by atoms with E-state index in [4.69, 9.17) is 0 Å². The standard InChI is InChI=1S/C16H22N2O/c1-11-10-13(6-7-14(11)16(3,4)5)18-9-8-12(2)17-15(18)19/h6-7,10H,2,8-9H2,1,3-5H3,(H,17,19). The van der Waals surface area contributed by atoms with Crippen LogP contribution in [0.4, 0.5) is 10.5 Å². The SMILES string of the molecule is C=C1CCN(c2ccc(C(C)(C)C)c(C)c2)C(=O)N1. The lowest BCUT2D eigenvalue weighted by Gasteiger charge is -2.30. The van der Waals surface area contributed by atoms with Gasteiger partial charge in [0.15, 0.2) is 0 Å². The summed E-state index contributed by atoms with van der Waals surface area (Å²) in [5.74, 6) is 0. The van der Waals surface area contributed by atoms with E-state index in [1.54, 1.807) is 4.90 Å². The molecule has 0 unspecified atom stereocenters. The van der Waals surface area contributed by atoms with E-state index in [1.807, 2.05) is 6.07 Å². The van der Waals surface area contributed by atoms with Gasteiger partial charge in [0.2, 0.25) is 0 Å². The van der Waals surface area contributed by atoms with Crippen LogP contribution in [0.3, 0.4) is 0 Å². The first-order valence-electron chi connectivity index (χ1n) is 6.66. The van der Waals surface area contributed by atoms with Crippen molar-refractivity contribution >= 4 is 11.7 Å². The number of urea groups is 1. The van der Waals surface area contributed by atoms with Gasteiger partial charge in [0.25, 0.3) is 0 Å². The van der Waals surface area contributed by atoms with Gasteiger partial charge in [0, 0.05) is 24.4 Å². The largest absolute Gasteiger partial charge is 0.326 e. The van der Waals surface area contributed by atoms with Crippen molar-refractivity contribution in [2.45, 2.75) is 39.5 Å². The van der Waals surface area contributed by atoms with Crippen molar-refractivity contribution < 1.29 is 4.79 Å². The van der Waals surface area contributed by atoms with Gasteiger partial charge in [-0.15, -0.1) is 0 Å². The van der Waals surface area contributed by atoms with E-state index in [9.17, 15) is 4.79 Å². The summed E-state index contributed by atoms with van der Waals surface area (Å²) < 4.78 is 0. The maximum absolute atomic E-state index is 12.0. The fourth-order valence-electron chi connectivity index (χ4n) is 2.53. The first-order chi connectivity index (χ1) is 8.79. The third-order valence-corrected chi connectivity index (χ3v) is 3.50. The van der Waals surface area contributed by atoms with Gasteiger partial charge in [-0.05, 0) is 35.6 Å². The maximum Gasteiger partial charge on any atom is 0.326 e. The van der Waals surface area contributed by atoms with E-state index in [0.717, 1.165) is 17.8 Å². The molecule has 2 rings (SSSR count). The van der Waals surface area contributed by atoms with E-state index in [1.165, 1.54) is 11.1 Å². The zero-order valence-electron chi connectivity index (χ0n) is 12.2. The van der Waals surface area contributed by atoms with E-state index in [2.05, 4.69) is 51.7 Å². The van der Waals surface area contributed by atoms with E-state index in [-0.39, 0.29) is 11.4 Å². The molecule has 1 aliphatic heterocycles. The number of carbonyl (C=O) groups is 1. The lowest BCUT2D eigenvalue weighted by molar-refractivity contribution is 0.246. The van der Waals surface area contributed by atoms with E-state index >= 15 is 0 Å². The van der Waals surface area contributed by atoms with Crippen molar-refractivity contribution in [3.05, 3.63) is 41.6 Å². The summed E-state index contributed by atoms with van der Waals surface area (Å²) in [6, 6.07) is 6.16. The molecular weight excluding hydrogens is 236 g/mol. The number of aryl methyl sites for hydroxylation is 1. The number of nitrogens with one attached hydrogen (secondary N) is 1. The highest BCUT2D eigenvalue weighted by molar-refractivity contribution is 5.94. The third-order valence-electron chi connectivity index (χ3n) is 3.50. The fraction of sp³-hybridized carbons (Fsp3) is 0.438. The van der Waals surface area contributed by atoms with Gasteiger partial charge in [0.1, 0.15) is 0 Å². The number of carbonyl (C=O) groups excluding carboxylic acids is 1. The Bertz CT molecular complexity index is 526. The minimum atomic E-state index is -0.0841. The third kappa shape index (κ3) is 2.80. The van der Waals surface area contributed by atoms with Crippen LogP contribution >= 0.6 is 0 Å². The highest BCUT2D eigenvalue weighted by atomic mass is 16.2. The molecule has 0 bridgehead atoms. The Labute approximate surface area is 115 Å². The van der Waals surface area contributed by atoms with Gasteiger partial charge in [-0.3, -0.25) is 4.90 Å². The van der Waals surface area contributed by atoms with Gasteiger partial charge in [-0.2, -0.15) is 0 Å². The van der Waals surface area contributed by atoms with Crippen molar-refractivity contribution in [2.75, 3.05) is 11.4 Å². The average molecular weight is 258 g/mol. The predicted octanol–water partition coefficient (Wildman–Crippen LogP) is 3.73. The topological polar surface area (TPSA) is 32.3 Å². The Balaban J connectivity index is 2.30. The van der Waals surface area contributed by atoms with Crippen LogP contribution in [0.15, 0.2) is 30.5 Å². The van der Waals surface area contributed by atoms with Crippen LogP contribution in [0.5, 0.6) is 0 Å². The molecule has 3 nitrogen and oxygen atoms in total. The first kappa shape index (κ1) is 13.7. The molecule has 0 radical (unpaired) electrons. The Morgan fingerprint density at radius 3 is 2.53 bits per heavy atom. The summed E-state index contributed by atoms with van der Waals surface area (Å²) in [7, 11) is 0. The van der Waals surface area contributed by atoms with Crippen LogP contribution in [0.1, 0.15) is 38.3 Å². The molecule has 0 aliphatic carbocycles. The molecule has 102 valence electrons. The van der Waals surface area contributed by atoms with Crippen LogP contribution < -0.4 is 10.2 Å². The van der Waals surface area contributed by atoms with E-state index in [0.29, 0.717) is 6.54 Å². The number of hydrogen-bond donors (Lipinski definition) is 1. The summed E-state index contributed by atoms with van der Waals surface area (Å²) in [6.45, 7) is 13.2. The monoisotopic (exact) mass is 258 g/mol. The van der Waals surface area contributed by atoms with Gasteiger partial charge in [-0.25, -0.2) is 4.79 Å². The molecule has 1 saturated heterocycles. The number of rotatable bonds is 1. The van der Waals surface area contributed by atoms with Gasteiger partial charge in [-0.1, -0.05) is 33.4 Å². The Hall–Kier alpha value is -1.77. The molecular formula is C16H22N2O. The Morgan fingerprint density at radius 1 is 1.32 bits per heavy atom. The lowest BCUT2D eigenvalue weighted by Crippen LogP contribution is -2.45. The summed E-state index contributed by atoms with van der Waals surface area (Å²) in [4.78, 5) is 13.7. The molecule has 0 saturated carbocycles. The van der Waals surface area contributed by atoms with Crippen molar-refractivity contribution in [1.82, 2.24) is 5.32 Å².